The Hall–Kier alpha value is -0.490. The summed E-state index contributed by atoms with van der Waals surface area (Å²) in [6.45, 7) is 4.48. The SMILES string of the molecule is CC(C)CCN(C)S(=O)(=O)c1c(Cl)cc(N)cc1Cl. The Morgan fingerprint density at radius 1 is 1.26 bits per heavy atom. The van der Waals surface area contributed by atoms with Gasteiger partial charge in [0.15, 0.2) is 0 Å². The molecular formula is C12H18Cl2N2O2S. The Morgan fingerprint density at radius 2 is 1.74 bits per heavy atom. The smallest absolute Gasteiger partial charge is 0.245 e. The zero-order chi connectivity index (χ0) is 14.8. The first kappa shape index (κ1) is 16.6. The van der Waals surface area contributed by atoms with Crippen LogP contribution >= 0.6 is 23.2 Å². The number of nitrogens with two attached hydrogens (primary N) is 1. The monoisotopic (exact) mass is 324 g/mol. The van der Waals surface area contributed by atoms with Crippen molar-refractivity contribution in [3.05, 3.63) is 22.2 Å². The Morgan fingerprint density at radius 3 is 2.16 bits per heavy atom. The molecule has 0 spiro atoms. The minimum Gasteiger partial charge on any atom is -0.399 e. The summed E-state index contributed by atoms with van der Waals surface area (Å²) in [6.07, 6.45) is 0.764. The fourth-order valence-electron chi connectivity index (χ4n) is 1.54. The average Bonchev–Trinajstić information content (AvgIpc) is 2.23. The molecule has 0 aromatic heterocycles. The van der Waals surface area contributed by atoms with Gasteiger partial charge in [-0.3, -0.25) is 0 Å². The van der Waals surface area contributed by atoms with Gasteiger partial charge >= 0.3 is 0 Å². The van der Waals surface area contributed by atoms with Crippen molar-refractivity contribution in [2.75, 3.05) is 19.3 Å². The van der Waals surface area contributed by atoms with E-state index in [1.54, 1.807) is 0 Å². The van der Waals surface area contributed by atoms with Gasteiger partial charge in [-0.05, 0) is 24.5 Å². The molecule has 0 heterocycles. The number of anilines is 1. The van der Waals surface area contributed by atoms with E-state index in [0.717, 1.165) is 6.42 Å². The van der Waals surface area contributed by atoms with Crippen LogP contribution in [0.15, 0.2) is 17.0 Å². The Balaban J connectivity index is 3.14. The van der Waals surface area contributed by atoms with Gasteiger partial charge in [0.05, 0.1) is 10.0 Å². The molecule has 0 aliphatic rings. The number of rotatable bonds is 5. The summed E-state index contributed by atoms with van der Waals surface area (Å²) >= 11 is 11.9. The number of nitrogens with zero attached hydrogens (tertiary/aromatic N) is 1. The normalized spacial score (nSPS) is 12.4. The van der Waals surface area contributed by atoms with Gasteiger partial charge in [-0.25, -0.2) is 12.7 Å². The molecule has 0 fully saturated rings. The first-order valence-electron chi connectivity index (χ1n) is 5.87. The highest BCUT2D eigenvalue weighted by molar-refractivity contribution is 7.89. The first-order chi connectivity index (χ1) is 8.66. The lowest BCUT2D eigenvalue weighted by Gasteiger charge is -2.20. The van der Waals surface area contributed by atoms with Crippen molar-refractivity contribution in [3.63, 3.8) is 0 Å². The van der Waals surface area contributed by atoms with E-state index in [1.165, 1.54) is 23.5 Å². The summed E-state index contributed by atoms with van der Waals surface area (Å²) in [6, 6.07) is 2.77. The van der Waals surface area contributed by atoms with Crippen molar-refractivity contribution < 1.29 is 8.42 Å². The predicted molar refractivity (Wildman–Crippen MR) is 80.1 cm³/mol. The molecule has 0 radical (unpaired) electrons. The maximum absolute atomic E-state index is 12.4. The molecule has 0 saturated carbocycles. The van der Waals surface area contributed by atoms with Crippen LogP contribution in [0.3, 0.4) is 0 Å². The van der Waals surface area contributed by atoms with Gasteiger partial charge in [0.25, 0.3) is 0 Å². The molecule has 0 amide bonds. The van der Waals surface area contributed by atoms with Crippen molar-refractivity contribution in [1.82, 2.24) is 4.31 Å². The molecule has 4 nitrogen and oxygen atoms in total. The number of nitrogen functional groups attached to an aromatic ring is 1. The van der Waals surface area contributed by atoms with Gasteiger partial charge < -0.3 is 5.73 Å². The lowest BCUT2D eigenvalue weighted by atomic mass is 10.1. The molecule has 1 rings (SSSR count). The van der Waals surface area contributed by atoms with Crippen molar-refractivity contribution in [2.45, 2.75) is 25.2 Å². The molecule has 0 saturated heterocycles. The van der Waals surface area contributed by atoms with Gasteiger partial charge in [0.2, 0.25) is 10.0 Å². The number of hydrogen-bond acceptors (Lipinski definition) is 3. The minimum atomic E-state index is -3.70. The summed E-state index contributed by atoms with van der Waals surface area (Å²) in [5.41, 5.74) is 5.90. The van der Waals surface area contributed by atoms with Crippen LogP contribution < -0.4 is 5.73 Å². The third kappa shape index (κ3) is 3.99. The summed E-state index contributed by atoms with van der Waals surface area (Å²) < 4.78 is 26.1. The topological polar surface area (TPSA) is 63.4 Å². The highest BCUT2D eigenvalue weighted by Gasteiger charge is 2.26. The molecule has 0 aliphatic carbocycles. The lowest BCUT2D eigenvalue weighted by molar-refractivity contribution is 0.428. The van der Waals surface area contributed by atoms with Crippen LogP contribution in [0.2, 0.25) is 10.0 Å². The van der Waals surface area contributed by atoms with Crippen LogP contribution in [-0.2, 0) is 10.0 Å². The number of hydrogen-bond donors (Lipinski definition) is 1. The molecule has 108 valence electrons. The fourth-order valence-corrected chi connectivity index (χ4v) is 3.90. The second-order valence-corrected chi connectivity index (χ2v) is 7.62. The maximum atomic E-state index is 12.4. The average molecular weight is 325 g/mol. The Bertz CT molecular complexity index is 536. The van der Waals surface area contributed by atoms with Crippen LogP contribution in [-0.4, -0.2) is 26.3 Å². The lowest BCUT2D eigenvalue weighted by Crippen LogP contribution is -2.29. The van der Waals surface area contributed by atoms with Crippen molar-refractivity contribution in [3.8, 4) is 0 Å². The second-order valence-electron chi connectivity index (χ2n) is 4.82. The molecule has 1 aromatic rings. The highest BCUT2D eigenvalue weighted by Crippen LogP contribution is 2.33. The number of sulfonamides is 1. The molecule has 0 bridgehead atoms. The fraction of sp³-hybridized carbons (Fsp3) is 0.500. The van der Waals surface area contributed by atoms with Gasteiger partial charge in [-0.1, -0.05) is 37.0 Å². The standard InChI is InChI=1S/C12H18Cl2N2O2S/c1-8(2)4-5-16(3)19(17,18)12-10(13)6-9(15)7-11(12)14/h6-8H,4-5,15H2,1-3H3. The van der Waals surface area contributed by atoms with E-state index < -0.39 is 10.0 Å². The van der Waals surface area contributed by atoms with E-state index in [4.69, 9.17) is 28.9 Å². The molecule has 2 N–H and O–H groups in total. The van der Waals surface area contributed by atoms with E-state index in [0.29, 0.717) is 18.2 Å². The number of halogens is 2. The van der Waals surface area contributed by atoms with E-state index in [2.05, 4.69) is 0 Å². The van der Waals surface area contributed by atoms with Crippen molar-refractivity contribution in [1.29, 1.82) is 0 Å². The van der Waals surface area contributed by atoms with Gasteiger partial charge in [-0.15, -0.1) is 0 Å². The first-order valence-corrected chi connectivity index (χ1v) is 8.06. The zero-order valence-electron chi connectivity index (χ0n) is 11.2. The summed E-state index contributed by atoms with van der Waals surface area (Å²) in [7, 11) is -2.18. The van der Waals surface area contributed by atoms with Crippen LogP contribution in [0.4, 0.5) is 5.69 Å². The van der Waals surface area contributed by atoms with Crippen LogP contribution in [0, 0.1) is 5.92 Å². The second kappa shape index (κ2) is 6.31. The Labute approximate surface area is 124 Å². The zero-order valence-corrected chi connectivity index (χ0v) is 13.5. The van der Waals surface area contributed by atoms with Gasteiger partial charge in [0.1, 0.15) is 4.90 Å². The van der Waals surface area contributed by atoms with E-state index in [1.807, 2.05) is 13.8 Å². The molecule has 1 aromatic carbocycles. The van der Waals surface area contributed by atoms with Crippen LogP contribution in [0.5, 0.6) is 0 Å². The minimum absolute atomic E-state index is 0.0430. The molecular weight excluding hydrogens is 307 g/mol. The quantitative estimate of drug-likeness (QED) is 0.845. The Kier molecular flexibility index (Phi) is 5.50. The summed E-state index contributed by atoms with van der Waals surface area (Å²) in [5.74, 6) is 0.412. The molecule has 19 heavy (non-hydrogen) atoms. The van der Waals surface area contributed by atoms with Crippen molar-refractivity contribution in [2.24, 2.45) is 5.92 Å². The third-order valence-electron chi connectivity index (χ3n) is 2.71. The largest absolute Gasteiger partial charge is 0.399 e. The predicted octanol–water partition coefficient (Wildman–Crippen LogP) is 3.24. The van der Waals surface area contributed by atoms with Crippen LogP contribution in [0.1, 0.15) is 20.3 Å². The highest BCUT2D eigenvalue weighted by atomic mass is 35.5. The van der Waals surface area contributed by atoms with Gasteiger partial charge in [0, 0.05) is 19.3 Å². The van der Waals surface area contributed by atoms with Crippen molar-refractivity contribution >= 4 is 38.9 Å². The third-order valence-corrected chi connectivity index (χ3v) is 5.49. The summed E-state index contributed by atoms with van der Waals surface area (Å²) in [5, 5.41) is 0.0859. The molecule has 0 unspecified atom stereocenters. The molecule has 0 atom stereocenters. The number of benzene rings is 1. The summed E-state index contributed by atoms with van der Waals surface area (Å²) in [4.78, 5) is -0.0868. The maximum Gasteiger partial charge on any atom is 0.245 e. The molecule has 0 aliphatic heterocycles. The van der Waals surface area contributed by atoms with Gasteiger partial charge in [-0.2, -0.15) is 0 Å². The molecule has 7 heteroatoms. The van der Waals surface area contributed by atoms with E-state index in [-0.39, 0.29) is 14.9 Å². The van der Waals surface area contributed by atoms with E-state index in [9.17, 15) is 8.42 Å². The van der Waals surface area contributed by atoms with Crippen LogP contribution in [0.25, 0.3) is 0 Å². The van der Waals surface area contributed by atoms with E-state index >= 15 is 0 Å².